The molecule has 1 aliphatic heterocycles. The van der Waals surface area contributed by atoms with Crippen LogP contribution in [-0.2, 0) is 0 Å². The summed E-state index contributed by atoms with van der Waals surface area (Å²) in [5.41, 5.74) is 10.1. The highest BCUT2D eigenvalue weighted by Crippen LogP contribution is 2.36. The highest BCUT2D eigenvalue weighted by Gasteiger charge is 2.32. The molecule has 0 unspecified atom stereocenters. The van der Waals surface area contributed by atoms with E-state index in [0.717, 1.165) is 33.0 Å². The monoisotopic (exact) mass is 598 g/mol. The largest absolute Gasteiger partial charge is 0.383 e. The van der Waals surface area contributed by atoms with Crippen LogP contribution in [0.2, 0.25) is 0 Å². The first-order chi connectivity index (χ1) is 17.6. The molecule has 1 aliphatic carbocycles. The van der Waals surface area contributed by atoms with Gasteiger partial charge in [-0.3, -0.25) is 9.99 Å². The van der Waals surface area contributed by atoms with Crippen LogP contribution in [0.25, 0.3) is 10.9 Å². The number of hydrogen-bond acceptors (Lipinski definition) is 7. The highest BCUT2D eigenvalue weighted by molar-refractivity contribution is 14.1. The van der Waals surface area contributed by atoms with Gasteiger partial charge in [-0.2, -0.15) is 5.26 Å². The Labute approximate surface area is 225 Å². The number of aromatic nitrogens is 1. The molecule has 0 spiro atoms. The number of anilines is 2. The fraction of sp³-hybridized carbons (Fsp3) is 0.333. The molecule has 7 nitrogen and oxygen atoms in total. The van der Waals surface area contributed by atoms with Crippen molar-refractivity contribution in [2.24, 2.45) is 5.41 Å². The SMILES string of the molecule is [2H][C@](Nc1cc(I)c2ncc(C#N)c(NCC(C)(C)C)c2c1)(C1=CN(C2CC2)NN1)c1ccc(F)cc1. The number of rotatable bonds is 7. The summed E-state index contributed by atoms with van der Waals surface area (Å²) >= 11 is 2.23. The quantitative estimate of drug-likeness (QED) is 0.256. The summed E-state index contributed by atoms with van der Waals surface area (Å²) < 4.78 is 24.2. The molecule has 4 N–H and O–H groups in total. The summed E-state index contributed by atoms with van der Waals surface area (Å²) in [5.74, 6) is -0.359. The van der Waals surface area contributed by atoms with Crippen molar-refractivity contribution < 1.29 is 5.76 Å². The molecule has 0 bridgehead atoms. The average molecular weight is 598 g/mol. The maximum Gasteiger partial charge on any atom is 0.123 e. The number of nitrogens with one attached hydrogen (secondary N) is 4. The van der Waals surface area contributed by atoms with Crippen LogP contribution in [0.15, 0.2) is 54.5 Å². The molecule has 1 fully saturated rings. The van der Waals surface area contributed by atoms with Gasteiger partial charge in [-0.15, -0.1) is 5.53 Å². The molecule has 0 saturated heterocycles. The van der Waals surface area contributed by atoms with Crippen molar-refractivity contribution in [3.8, 4) is 6.07 Å². The number of benzene rings is 2. The first-order valence-electron chi connectivity index (χ1n) is 12.4. The Kier molecular flexibility index (Phi) is 6.31. The van der Waals surface area contributed by atoms with Crippen LogP contribution in [0.5, 0.6) is 0 Å². The molecule has 36 heavy (non-hydrogen) atoms. The van der Waals surface area contributed by atoms with Crippen molar-refractivity contribution in [1.82, 2.24) is 21.0 Å². The van der Waals surface area contributed by atoms with Crippen molar-refractivity contribution in [2.45, 2.75) is 45.7 Å². The Morgan fingerprint density at radius 1 is 1.31 bits per heavy atom. The smallest absolute Gasteiger partial charge is 0.123 e. The Bertz CT molecular complexity index is 1410. The molecule has 0 amide bonds. The van der Waals surface area contributed by atoms with Crippen LogP contribution < -0.4 is 21.6 Å². The molecule has 2 aliphatic rings. The molecule has 186 valence electrons. The van der Waals surface area contributed by atoms with Crippen molar-refractivity contribution in [2.75, 3.05) is 17.2 Å². The fourth-order valence-electron chi connectivity index (χ4n) is 4.02. The van der Waals surface area contributed by atoms with Crippen molar-refractivity contribution in [3.63, 3.8) is 0 Å². The summed E-state index contributed by atoms with van der Waals surface area (Å²) in [5, 5.41) is 19.4. The minimum absolute atomic E-state index is 0.00526. The topological polar surface area (TPSA) is 88.0 Å². The first kappa shape index (κ1) is 23.3. The molecule has 1 aromatic heterocycles. The average Bonchev–Trinajstić information content (AvgIpc) is 3.58. The van der Waals surface area contributed by atoms with Crippen molar-refractivity contribution in [1.29, 1.82) is 5.26 Å². The summed E-state index contributed by atoms with van der Waals surface area (Å²) in [6, 6.07) is 11.0. The van der Waals surface area contributed by atoms with E-state index in [9.17, 15) is 11.0 Å². The molecule has 2 heterocycles. The second-order valence-electron chi connectivity index (χ2n) is 10.4. The second kappa shape index (κ2) is 9.75. The lowest BCUT2D eigenvalue weighted by atomic mass is 9.96. The summed E-state index contributed by atoms with van der Waals surface area (Å²) in [6.07, 6.45) is 5.68. The zero-order chi connectivity index (χ0) is 26.4. The third-order valence-corrected chi connectivity index (χ3v) is 6.86. The van der Waals surface area contributed by atoms with Gasteiger partial charge >= 0.3 is 0 Å². The molecule has 1 saturated carbocycles. The Hall–Kier alpha value is -3.10. The Balaban J connectivity index is 1.60. The molecular formula is C27H29FIN7. The van der Waals surface area contributed by atoms with E-state index >= 15 is 0 Å². The van der Waals surface area contributed by atoms with Crippen molar-refractivity contribution >= 4 is 44.9 Å². The van der Waals surface area contributed by atoms with Crippen LogP contribution >= 0.6 is 22.6 Å². The summed E-state index contributed by atoms with van der Waals surface area (Å²) in [7, 11) is 0. The lowest BCUT2D eigenvalue weighted by molar-refractivity contribution is 0.260. The number of nitrogens with zero attached hydrogens (tertiary/aromatic N) is 3. The van der Waals surface area contributed by atoms with E-state index in [-0.39, 0.29) is 11.2 Å². The van der Waals surface area contributed by atoms with Gasteiger partial charge in [0.1, 0.15) is 11.9 Å². The van der Waals surface area contributed by atoms with Gasteiger partial charge in [0.2, 0.25) is 0 Å². The fourth-order valence-corrected chi connectivity index (χ4v) is 4.79. The normalized spacial score (nSPS) is 17.6. The molecule has 1 atom stereocenters. The van der Waals surface area contributed by atoms with Crippen LogP contribution in [-0.4, -0.2) is 22.6 Å². The molecule has 2 aromatic carbocycles. The predicted molar refractivity (Wildman–Crippen MR) is 149 cm³/mol. The van der Waals surface area contributed by atoms with E-state index < -0.39 is 6.02 Å². The van der Waals surface area contributed by atoms with Gasteiger partial charge in [0.05, 0.1) is 29.9 Å². The number of nitriles is 1. The zero-order valence-corrected chi connectivity index (χ0v) is 22.6. The minimum Gasteiger partial charge on any atom is -0.383 e. The number of halogens is 2. The van der Waals surface area contributed by atoms with E-state index in [1.165, 1.54) is 12.1 Å². The highest BCUT2D eigenvalue weighted by atomic mass is 127. The number of hydrogen-bond donors (Lipinski definition) is 4. The van der Waals surface area contributed by atoms with E-state index in [2.05, 4.69) is 76.0 Å². The molecular weight excluding hydrogens is 568 g/mol. The predicted octanol–water partition coefficient (Wildman–Crippen LogP) is 5.79. The number of hydrazine groups is 2. The lowest BCUT2D eigenvalue weighted by Crippen LogP contribution is -2.38. The van der Waals surface area contributed by atoms with Gasteiger partial charge in [-0.25, -0.2) is 4.39 Å². The standard InChI is InChI=1S/C27H29FIN7/c1-27(2,3)15-32-24-17(12-30)13-31-26-21(24)10-19(11-22(26)29)33-25(16-4-6-18(28)7-5-16)23-14-36(35-34-23)20-8-9-20/h4-7,10-11,13-14,20,25,33-35H,8-9,15H2,1-3H3,(H,31,32)/t25-/m1/s1/i25D. The first-order valence-corrected chi connectivity index (χ1v) is 13.0. The van der Waals surface area contributed by atoms with Gasteiger partial charge < -0.3 is 16.1 Å². The maximum absolute atomic E-state index is 13.8. The summed E-state index contributed by atoms with van der Waals surface area (Å²) in [4.78, 5) is 4.55. The molecule has 9 heteroatoms. The third-order valence-electron chi connectivity index (χ3n) is 6.04. The van der Waals surface area contributed by atoms with Crippen molar-refractivity contribution in [3.05, 3.63) is 75.0 Å². The third kappa shape index (κ3) is 5.34. The van der Waals surface area contributed by atoms with Gasteiger partial charge in [-0.05, 0) is 70.7 Å². The van der Waals surface area contributed by atoms with E-state index in [1.54, 1.807) is 18.3 Å². The summed E-state index contributed by atoms with van der Waals surface area (Å²) in [6.45, 7) is 7.06. The van der Waals surface area contributed by atoms with Crippen LogP contribution in [0.1, 0.15) is 52.1 Å². The minimum atomic E-state index is -1.44. The van der Waals surface area contributed by atoms with E-state index in [4.69, 9.17) is 0 Å². The second-order valence-corrected chi connectivity index (χ2v) is 11.5. The van der Waals surface area contributed by atoms with Gasteiger partial charge in [0.15, 0.2) is 0 Å². The van der Waals surface area contributed by atoms with Gasteiger partial charge in [0.25, 0.3) is 0 Å². The molecule has 5 rings (SSSR count). The molecule has 3 aromatic rings. The van der Waals surface area contributed by atoms with E-state index in [1.807, 2.05) is 23.3 Å². The Morgan fingerprint density at radius 2 is 2.06 bits per heavy atom. The van der Waals surface area contributed by atoms with Gasteiger partial charge in [0, 0.05) is 39.6 Å². The number of fused-ring (bicyclic) bond motifs is 1. The van der Waals surface area contributed by atoms with E-state index in [0.29, 0.717) is 35.1 Å². The van der Waals surface area contributed by atoms with Gasteiger partial charge in [-0.1, -0.05) is 32.9 Å². The van der Waals surface area contributed by atoms with Crippen LogP contribution in [0, 0.1) is 26.1 Å². The Morgan fingerprint density at radius 3 is 2.72 bits per heavy atom. The molecule has 0 radical (unpaired) electrons. The lowest BCUT2D eigenvalue weighted by Gasteiger charge is -2.23. The van der Waals surface area contributed by atoms with Crippen LogP contribution in [0.3, 0.4) is 0 Å². The maximum atomic E-state index is 13.8. The zero-order valence-electron chi connectivity index (χ0n) is 21.4. The number of pyridine rings is 1. The van der Waals surface area contributed by atoms with Crippen LogP contribution in [0.4, 0.5) is 15.8 Å².